The minimum Gasteiger partial charge on any atom is -0.493 e. The molecule has 1 N–H and O–H groups in total. The third-order valence-electron chi connectivity index (χ3n) is 5.87. The van der Waals surface area contributed by atoms with Gasteiger partial charge in [0, 0.05) is 34.2 Å². The second-order valence-corrected chi connectivity index (χ2v) is 8.07. The predicted octanol–water partition coefficient (Wildman–Crippen LogP) is 6.99. The lowest BCUT2D eigenvalue weighted by Crippen LogP contribution is -2.09. The molecule has 1 amide bonds. The fraction of sp³-hybridized carbons (Fsp3) is 0.143. The highest BCUT2D eigenvalue weighted by Gasteiger charge is 2.20. The van der Waals surface area contributed by atoms with E-state index >= 15 is 0 Å². The topological polar surface area (TPSA) is 77.5 Å². The highest BCUT2D eigenvalue weighted by Crippen LogP contribution is 2.42. The lowest BCUT2D eigenvalue weighted by molar-refractivity contribution is -0.111. The van der Waals surface area contributed by atoms with E-state index in [-0.39, 0.29) is 5.91 Å². The van der Waals surface area contributed by atoms with Crippen molar-refractivity contribution in [3.8, 4) is 16.9 Å². The van der Waals surface area contributed by atoms with Crippen molar-refractivity contribution < 1.29 is 18.5 Å². The lowest BCUT2D eigenvalue weighted by atomic mass is 9.94. The van der Waals surface area contributed by atoms with Crippen molar-refractivity contribution in [1.29, 1.82) is 0 Å². The van der Waals surface area contributed by atoms with Crippen molar-refractivity contribution in [3.63, 3.8) is 0 Å². The van der Waals surface area contributed by atoms with E-state index < -0.39 is 0 Å². The molecule has 2 heterocycles. The second-order valence-electron chi connectivity index (χ2n) is 8.07. The minimum atomic E-state index is -0.298. The smallest absolute Gasteiger partial charge is 0.249 e. The van der Waals surface area contributed by atoms with Gasteiger partial charge in [-0.3, -0.25) is 4.79 Å². The number of aromatic nitrogens is 1. The molecule has 0 saturated heterocycles. The van der Waals surface area contributed by atoms with Gasteiger partial charge in [-0.25, -0.2) is 0 Å². The van der Waals surface area contributed by atoms with Crippen molar-refractivity contribution in [1.82, 2.24) is 5.16 Å². The molecular weight excluding hydrogens is 428 g/mol. The van der Waals surface area contributed by atoms with Crippen molar-refractivity contribution >= 4 is 39.0 Å². The average molecular weight is 453 g/mol. The molecule has 170 valence electrons. The molecule has 3 aromatic carbocycles. The number of allylic oxidation sites excluding steroid dienone is 1. The van der Waals surface area contributed by atoms with E-state index in [9.17, 15) is 4.79 Å². The first-order chi connectivity index (χ1) is 16.6. The summed E-state index contributed by atoms with van der Waals surface area (Å²) in [5, 5.41) is 9.71. The van der Waals surface area contributed by atoms with E-state index in [2.05, 4.69) is 40.8 Å². The van der Waals surface area contributed by atoms with Crippen LogP contribution in [0.15, 0.2) is 82.1 Å². The molecule has 6 heteroatoms. The number of amides is 1. The standard InChI is InChI=1S/C28H24N2O4/c1-4-32-27-18(3)28-23(15-22(27)17(2)14-26(31)29-25-12-13-34-30-25)24(16-33-28)21-11-7-9-19-8-5-6-10-20(19)21/h5-16H,4H2,1-3H3,(H,29,30,31)/b17-14+. The van der Waals surface area contributed by atoms with E-state index in [4.69, 9.17) is 13.7 Å². The average Bonchev–Trinajstić information content (AvgIpc) is 3.50. The number of nitrogens with one attached hydrogen (secondary N) is 1. The van der Waals surface area contributed by atoms with Crippen LogP contribution in [0.3, 0.4) is 0 Å². The van der Waals surface area contributed by atoms with Crippen LogP contribution in [0.4, 0.5) is 5.82 Å². The maximum atomic E-state index is 12.6. The number of furan rings is 1. The lowest BCUT2D eigenvalue weighted by Gasteiger charge is -2.15. The van der Waals surface area contributed by atoms with Gasteiger partial charge in [-0.1, -0.05) is 47.6 Å². The quantitative estimate of drug-likeness (QED) is 0.281. The van der Waals surface area contributed by atoms with Gasteiger partial charge in [0.1, 0.15) is 17.6 Å². The van der Waals surface area contributed by atoms with Gasteiger partial charge >= 0.3 is 0 Å². The summed E-state index contributed by atoms with van der Waals surface area (Å²) >= 11 is 0. The molecule has 0 fully saturated rings. The minimum absolute atomic E-state index is 0.298. The van der Waals surface area contributed by atoms with Crippen LogP contribution in [0.1, 0.15) is 25.0 Å². The number of hydrogen-bond donors (Lipinski definition) is 1. The fourth-order valence-corrected chi connectivity index (χ4v) is 4.32. The molecule has 0 aliphatic rings. The van der Waals surface area contributed by atoms with Gasteiger partial charge in [0.2, 0.25) is 5.91 Å². The van der Waals surface area contributed by atoms with Crippen LogP contribution in [0.2, 0.25) is 0 Å². The molecule has 0 aliphatic carbocycles. The summed E-state index contributed by atoms with van der Waals surface area (Å²) in [6, 6.07) is 18.2. The van der Waals surface area contributed by atoms with E-state index in [1.54, 1.807) is 12.3 Å². The molecule has 2 aromatic heterocycles. The summed E-state index contributed by atoms with van der Waals surface area (Å²) in [5.74, 6) is 0.767. The number of carbonyl (C=O) groups excluding carboxylic acids is 1. The van der Waals surface area contributed by atoms with E-state index in [0.29, 0.717) is 18.2 Å². The van der Waals surface area contributed by atoms with Crippen LogP contribution in [0.5, 0.6) is 5.75 Å². The van der Waals surface area contributed by atoms with Gasteiger partial charge in [-0.2, -0.15) is 0 Å². The number of carbonyl (C=O) groups is 1. The fourth-order valence-electron chi connectivity index (χ4n) is 4.32. The summed E-state index contributed by atoms with van der Waals surface area (Å²) in [6.07, 6.45) is 4.75. The number of benzene rings is 3. The second kappa shape index (κ2) is 8.90. The first-order valence-corrected chi connectivity index (χ1v) is 11.1. The van der Waals surface area contributed by atoms with Crippen molar-refractivity contribution in [3.05, 3.63) is 84.3 Å². The van der Waals surface area contributed by atoms with Crippen molar-refractivity contribution in [2.75, 3.05) is 11.9 Å². The normalized spacial score (nSPS) is 11.8. The zero-order valence-corrected chi connectivity index (χ0v) is 19.2. The number of fused-ring (bicyclic) bond motifs is 2. The number of anilines is 1. The molecule has 5 rings (SSSR count). The summed E-state index contributed by atoms with van der Waals surface area (Å²) in [7, 11) is 0. The van der Waals surface area contributed by atoms with Gasteiger partial charge in [0.15, 0.2) is 5.82 Å². The van der Waals surface area contributed by atoms with Gasteiger partial charge in [0.05, 0.1) is 12.9 Å². The van der Waals surface area contributed by atoms with Gasteiger partial charge < -0.3 is 19.0 Å². The van der Waals surface area contributed by atoms with Gasteiger partial charge in [-0.05, 0) is 48.7 Å². The molecule has 0 bridgehead atoms. The highest BCUT2D eigenvalue weighted by atomic mass is 16.5. The molecule has 0 radical (unpaired) electrons. The molecule has 5 aromatic rings. The summed E-state index contributed by atoms with van der Waals surface area (Å²) in [5.41, 5.74) is 5.36. The monoisotopic (exact) mass is 452 g/mol. The molecule has 0 saturated carbocycles. The zero-order valence-electron chi connectivity index (χ0n) is 19.2. The molecular formula is C28H24N2O4. The molecule has 6 nitrogen and oxygen atoms in total. The van der Waals surface area contributed by atoms with Crippen LogP contribution in [-0.2, 0) is 4.79 Å². The molecule has 0 atom stereocenters. The number of hydrogen-bond acceptors (Lipinski definition) is 5. The predicted molar refractivity (Wildman–Crippen MR) is 134 cm³/mol. The Morgan fingerprint density at radius 1 is 1.09 bits per heavy atom. The van der Waals surface area contributed by atoms with Gasteiger partial charge in [0.25, 0.3) is 0 Å². The largest absolute Gasteiger partial charge is 0.493 e. The van der Waals surface area contributed by atoms with Crippen LogP contribution >= 0.6 is 0 Å². The number of aryl methyl sites for hydroxylation is 1. The van der Waals surface area contributed by atoms with Crippen LogP contribution in [-0.4, -0.2) is 17.7 Å². The number of nitrogens with zero attached hydrogens (tertiary/aromatic N) is 1. The third kappa shape index (κ3) is 3.83. The SMILES string of the molecule is CCOc1c(/C(C)=C/C(=O)Nc2ccon2)cc2c(-c3cccc4ccccc34)coc2c1C. The highest BCUT2D eigenvalue weighted by molar-refractivity contribution is 6.08. The van der Waals surface area contributed by atoms with Gasteiger partial charge in [-0.15, -0.1) is 0 Å². The summed E-state index contributed by atoms with van der Waals surface area (Å²) in [4.78, 5) is 12.6. The Balaban J connectivity index is 1.66. The third-order valence-corrected chi connectivity index (χ3v) is 5.87. The Labute approximate surface area is 196 Å². The van der Waals surface area contributed by atoms with Crippen LogP contribution in [0, 0.1) is 6.92 Å². The summed E-state index contributed by atoms with van der Waals surface area (Å²) < 4.78 is 16.8. The first-order valence-electron chi connectivity index (χ1n) is 11.1. The molecule has 34 heavy (non-hydrogen) atoms. The number of ether oxygens (including phenoxy) is 1. The Morgan fingerprint density at radius 2 is 1.91 bits per heavy atom. The van der Waals surface area contributed by atoms with Crippen LogP contribution in [0.25, 0.3) is 38.4 Å². The Bertz CT molecular complexity index is 1520. The number of rotatable bonds is 6. The molecule has 0 aliphatic heterocycles. The Hall–Kier alpha value is -4.32. The first kappa shape index (κ1) is 21.5. The Kier molecular flexibility index (Phi) is 5.64. The van der Waals surface area contributed by atoms with E-state index in [0.717, 1.165) is 49.6 Å². The van der Waals surface area contributed by atoms with Crippen molar-refractivity contribution in [2.45, 2.75) is 20.8 Å². The summed E-state index contributed by atoms with van der Waals surface area (Å²) in [6.45, 7) is 6.31. The Morgan fingerprint density at radius 3 is 2.71 bits per heavy atom. The maximum Gasteiger partial charge on any atom is 0.249 e. The van der Waals surface area contributed by atoms with Crippen molar-refractivity contribution in [2.24, 2.45) is 0 Å². The zero-order chi connectivity index (χ0) is 23.7. The van der Waals surface area contributed by atoms with Crippen LogP contribution < -0.4 is 10.1 Å². The molecule has 0 spiro atoms. The van der Waals surface area contributed by atoms with E-state index in [1.165, 1.54) is 12.3 Å². The van der Waals surface area contributed by atoms with E-state index in [1.807, 2.05) is 39.0 Å². The maximum absolute atomic E-state index is 12.6. The molecule has 0 unspecified atom stereocenters.